The Hall–Kier alpha value is -1.40. The molecule has 5 fully saturated rings. The number of carbonyl (C=O) groups is 1. The van der Waals surface area contributed by atoms with Gasteiger partial charge in [-0.3, -0.25) is 4.79 Å². The fourth-order valence-electron chi connectivity index (χ4n) is 10.7. The molecule has 6 rings (SSSR count). The summed E-state index contributed by atoms with van der Waals surface area (Å²) < 4.78 is 12.7. The predicted octanol–water partition coefficient (Wildman–Crippen LogP) is 6.44. The van der Waals surface area contributed by atoms with Crippen LogP contribution in [0.5, 0.6) is 0 Å². The van der Waals surface area contributed by atoms with Gasteiger partial charge in [-0.25, -0.2) is 4.98 Å². The van der Waals surface area contributed by atoms with Gasteiger partial charge in [0.1, 0.15) is 17.7 Å². The average molecular weight is 540 g/mol. The molecule has 1 unspecified atom stereocenters. The number of rotatable bonds is 9. The molecule has 218 valence electrons. The van der Waals surface area contributed by atoms with Crippen LogP contribution in [0.2, 0.25) is 0 Å². The summed E-state index contributed by atoms with van der Waals surface area (Å²) in [7, 11) is 0. The van der Waals surface area contributed by atoms with Crippen LogP contribution in [0.1, 0.15) is 111 Å². The molecule has 6 heteroatoms. The highest BCUT2D eigenvalue weighted by atomic mass is 16.6. The zero-order valence-corrected chi connectivity index (χ0v) is 25.1. The van der Waals surface area contributed by atoms with E-state index in [1.807, 2.05) is 0 Å². The number of H-pyrrole nitrogens is 1. The standard InChI is InChI=1S/C33H53N3O3/c1-20(2)7-6-8-21(3)25-9-10-26-24-16-29-33(39-29)17-23(38-30(37)28(34)15-22-18-35-19-36-22)11-14-32(33,5)27(24)12-13-31(25,26)4/h18-21,23-29H,6-17,34H2,1-5H3,(H,35,36)/t21-,23?,24+,25-,26+,27+,28+,29-,31-,32-,33-/m1/s1. The minimum absolute atomic E-state index is 0.0891. The maximum atomic E-state index is 12.8. The second-order valence-electron chi connectivity index (χ2n) is 15.2. The van der Waals surface area contributed by atoms with E-state index in [4.69, 9.17) is 15.2 Å². The first-order chi connectivity index (χ1) is 18.6. The molecule has 2 heterocycles. The van der Waals surface area contributed by atoms with Crippen molar-refractivity contribution in [3.8, 4) is 0 Å². The monoisotopic (exact) mass is 539 g/mol. The van der Waals surface area contributed by atoms with Crippen LogP contribution in [-0.2, 0) is 20.7 Å². The number of ether oxygens (including phenoxy) is 2. The highest BCUT2D eigenvalue weighted by Gasteiger charge is 2.76. The largest absolute Gasteiger partial charge is 0.461 e. The van der Waals surface area contributed by atoms with Crippen LogP contribution in [0, 0.1) is 46.3 Å². The molecule has 0 bridgehead atoms. The zero-order valence-electron chi connectivity index (χ0n) is 25.1. The van der Waals surface area contributed by atoms with E-state index in [0.717, 1.165) is 60.5 Å². The molecule has 1 spiro atoms. The van der Waals surface area contributed by atoms with Gasteiger partial charge in [0.15, 0.2) is 0 Å². The molecular weight excluding hydrogens is 486 g/mol. The maximum Gasteiger partial charge on any atom is 0.323 e. The number of aromatic nitrogens is 2. The van der Waals surface area contributed by atoms with Crippen molar-refractivity contribution in [2.24, 2.45) is 52.1 Å². The predicted molar refractivity (Wildman–Crippen MR) is 153 cm³/mol. The van der Waals surface area contributed by atoms with Gasteiger partial charge in [-0.15, -0.1) is 0 Å². The van der Waals surface area contributed by atoms with Crippen molar-refractivity contribution in [1.29, 1.82) is 0 Å². The normalized spacial score (nSPS) is 44.1. The maximum absolute atomic E-state index is 12.8. The van der Waals surface area contributed by atoms with Gasteiger partial charge in [-0.1, -0.05) is 53.9 Å². The molecule has 0 radical (unpaired) electrons. The summed E-state index contributed by atoms with van der Waals surface area (Å²) in [5.41, 5.74) is 7.58. The lowest BCUT2D eigenvalue weighted by Gasteiger charge is -2.59. The Balaban J connectivity index is 1.10. The third-order valence-corrected chi connectivity index (χ3v) is 12.8. The molecule has 1 saturated heterocycles. The SMILES string of the molecule is CC(C)CCC[C@@H](C)[C@H]1CC[C@H]2[C@@H]3C[C@H]4O[C@]45CC(OC(=O)[C@@H](N)Cc4c[nH]cn4)CC[C@]5(C)[C@H]3CC[C@]12C. The fraction of sp³-hybridized carbons (Fsp3) is 0.879. The molecule has 0 aromatic carbocycles. The quantitative estimate of drug-likeness (QED) is 0.278. The molecule has 1 aromatic rings. The summed E-state index contributed by atoms with van der Waals surface area (Å²) in [5, 5.41) is 0. The first kappa shape index (κ1) is 27.8. The summed E-state index contributed by atoms with van der Waals surface area (Å²) >= 11 is 0. The molecule has 4 aliphatic carbocycles. The number of hydrogen-bond donors (Lipinski definition) is 2. The number of fused-ring (bicyclic) bond motifs is 4. The van der Waals surface area contributed by atoms with E-state index in [1.165, 1.54) is 51.4 Å². The topological polar surface area (TPSA) is 93.5 Å². The van der Waals surface area contributed by atoms with Gasteiger partial charge in [-0.05, 0) is 85.9 Å². The molecule has 1 aliphatic heterocycles. The number of epoxide rings is 1. The van der Waals surface area contributed by atoms with Crippen molar-refractivity contribution in [2.75, 3.05) is 0 Å². The van der Waals surface area contributed by atoms with Crippen LogP contribution in [0.15, 0.2) is 12.5 Å². The molecule has 5 aliphatic rings. The molecule has 3 N–H and O–H groups in total. The molecule has 0 amide bonds. The summed E-state index contributed by atoms with van der Waals surface area (Å²) in [6.45, 7) is 12.5. The van der Waals surface area contributed by atoms with E-state index in [9.17, 15) is 4.79 Å². The van der Waals surface area contributed by atoms with Crippen LogP contribution in [0.4, 0.5) is 0 Å². The lowest BCUT2D eigenvalue weighted by Crippen LogP contribution is -2.59. The summed E-state index contributed by atoms with van der Waals surface area (Å²) in [5.74, 6) is 4.63. The number of carbonyl (C=O) groups excluding carboxylic acids is 1. The highest BCUT2D eigenvalue weighted by Crippen LogP contribution is 2.74. The molecular formula is C33H53N3O3. The number of hydrogen-bond acceptors (Lipinski definition) is 5. The van der Waals surface area contributed by atoms with E-state index < -0.39 is 6.04 Å². The third kappa shape index (κ3) is 4.60. The Morgan fingerprint density at radius 3 is 2.72 bits per heavy atom. The van der Waals surface area contributed by atoms with Crippen molar-refractivity contribution >= 4 is 5.97 Å². The Morgan fingerprint density at radius 2 is 1.97 bits per heavy atom. The van der Waals surface area contributed by atoms with Crippen LogP contribution in [0.3, 0.4) is 0 Å². The lowest BCUT2D eigenvalue weighted by atomic mass is 9.44. The average Bonchev–Trinajstić information content (AvgIpc) is 3.19. The summed E-state index contributed by atoms with van der Waals surface area (Å²) in [6, 6.07) is -0.676. The zero-order chi connectivity index (χ0) is 27.6. The number of imidazole rings is 1. The van der Waals surface area contributed by atoms with Gasteiger partial charge < -0.3 is 20.2 Å². The number of nitrogens with two attached hydrogens (primary N) is 1. The van der Waals surface area contributed by atoms with Crippen LogP contribution < -0.4 is 5.73 Å². The number of esters is 1. The summed E-state index contributed by atoms with van der Waals surface area (Å²) in [6.07, 6.45) is 17.9. The van der Waals surface area contributed by atoms with Crippen molar-refractivity contribution in [1.82, 2.24) is 9.97 Å². The second kappa shape index (κ2) is 10.2. The van der Waals surface area contributed by atoms with Crippen LogP contribution in [0.25, 0.3) is 0 Å². The second-order valence-corrected chi connectivity index (χ2v) is 15.2. The molecule has 4 saturated carbocycles. The van der Waals surface area contributed by atoms with Gasteiger partial charge in [0.2, 0.25) is 0 Å². The molecule has 1 aromatic heterocycles. The van der Waals surface area contributed by atoms with Crippen molar-refractivity contribution in [3.63, 3.8) is 0 Å². The molecule has 39 heavy (non-hydrogen) atoms. The first-order valence-corrected chi connectivity index (χ1v) is 16.2. The van der Waals surface area contributed by atoms with Crippen molar-refractivity contribution < 1.29 is 14.3 Å². The number of nitrogens with zero attached hydrogens (tertiary/aromatic N) is 1. The fourth-order valence-corrected chi connectivity index (χ4v) is 10.7. The Bertz CT molecular complexity index is 1030. The molecule has 6 nitrogen and oxygen atoms in total. The van der Waals surface area contributed by atoms with E-state index in [0.29, 0.717) is 17.9 Å². The summed E-state index contributed by atoms with van der Waals surface area (Å²) in [4.78, 5) is 20.0. The van der Waals surface area contributed by atoms with E-state index in [1.54, 1.807) is 12.5 Å². The van der Waals surface area contributed by atoms with E-state index >= 15 is 0 Å². The van der Waals surface area contributed by atoms with E-state index in [2.05, 4.69) is 44.6 Å². The minimum atomic E-state index is -0.676. The van der Waals surface area contributed by atoms with Crippen LogP contribution >= 0.6 is 0 Å². The number of aromatic amines is 1. The smallest absolute Gasteiger partial charge is 0.323 e. The van der Waals surface area contributed by atoms with Crippen molar-refractivity contribution in [3.05, 3.63) is 18.2 Å². The van der Waals surface area contributed by atoms with E-state index in [-0.39, 0.29) is 23.1 Å². The van der Waals surface area contributed by atoms with Crippen LogP contribution in [-0.4, -0.2) is 39.8 Å². The van der Waals surface area contributed by atoms with Gasteiger partial charge in [0, 0.05) is 24.5 Å². The van der Waals surface area contributed by atoms with Gasteiger partial charge in [0.25, 0.3) is 0 Å². The van der Waals surface area contributed by atoms with Gasteiger partial charge in [-0.2, -0.15) is 0 Å². The minimum Gasteiger partial charge on any atom is -0.461 e. The van der Waals surface area contributed by atoms with Gasteiger partial charge in [0.05, 0.1) is 18.1 Å². The Labute approximate surface area is 236 Å². The van der Waals surface area contributed by atoms with Crippen molar-refractivity contribution in [2.45, 2.75) is 136 Å². The Morgan fingerprint density at radius 1 is 1.15 bits per heavy atom. The number of nitrogens with one attached hydrogen (secondary N) is 1. The Kier molecular flexibility index (Phi) is 7.22. The highest BCUT2D eigenvalue weighted by molar-refractivity contribution is 5.76. The molecule has 11 atom stereocenters. The lowest BCUT2D eigenvalue weighted by molar-refractivity contribution is -0.161. The van der Waals surface area contributed by atoms with Gasteiger partial charge >= 0.3 is 5.97 Å². The third-order valence-electron chi connectivity index (χ3n) is 12.8. The first-order valence-electron chi connectivity index (χ1n) is 16.2.